The molecular formula is C12H17NO2. The van der Waals surface area contributed by atoms with Crippen molar-refractivity contribution < 1.29 is 9.84 Å². The number of phenols is 1. The van der Waals surface area contributed by atoms with Gasteiger partial charge < -0.3 is 15.2 Å². The summed E-state index contributed by atoms with van der Waals surface area (Å²) in [7, 11) is 0. The molecule has 82 valence electrons. The van der Waals surface area contributed by atoms with Crippen molar-refractivity contribution in [2.24, 2.45) is 0 Å². The minimum atomic E-state index is 0.297. The number of ether oxygens (including phenoxy) is 1. The van der Waals surface area contributed by atoms with Gasteiger partial charge in [0.25, 0.3) is 0 Å². The van der Waals surface area contributed by atoms with E-state index in [9.17, 15) is 0 Å². The fourth-order valence-corrected chi connectivity index (χ4v) is 1.23. The zero-order valence-corrected chi connectivity index (χ0v) is 8.99. The van der Waals surface area contributed by atoms with Crippen LogP contribution in [0.5, 0.6) is 5.75 Å². The Morgan fingerprint density at radius 1 is 1.40 bits per heavy atom. The normalized spacial score (nSPS) is 9.67. The molecule has 0 heterocycles. The van der Waals surface area contributed by atoms with Crippen LogP contribution in [0.2, 0.25) is 0 Å². The minimum absolute atomic E-state index is 0.297. The van der Waals surface area contributed by atoms with E-state index in [1.165, 1.54) is 5.56 Å². The van der Waals surface area contributed by atoms with Crippen molar-refractivity contribution in [2.75, 3.05) is 13.2 Å². The fourth-order valence-electron chi connectivity index (χ4n) is 1.23. The van der Waals surface area contributed by atoms with Crippen LogP contribution in [-0.4, -0.2) is 18.3 Å². The Labute approximate surface area is 90.4 Å². The largest absolute Gasteiger partial charge is 0.508 e. The molecule has 1 aromatic carbocycles. The van der Waals surface area contributed by atoms with Gasteiger partial charge in [0.1, 0.15) is 5.75 Å². The Bertz CT molecular complexity index is 306. The molecule has 0 aliphatic rings. The zero-order chi connectivity index (χ0) is 11.1. The zero-order valence-electron chi connectivity index (χ0n) is 8.99. The molecule has 0 aromatic heterocycles. The molecule has 0 aliphatic carbocycles. The van der Waals surface area contributed by atoms with Crippen molar-refractivity contribution in [2.45, 2.75) is 13.3 Å². The van der Waals surface area contributed by atoms with Gasteiger partial charge >= 0.3 is 0 Å². The highest BCUT2D eigenvalue weighted by Gasteiger charge is 1.95. The molecule has 2 N–H and O–H groups in total. The van der Waals surface area contributed by atoms with E-state index >= 15 is 0 Å². The molecule has 0 bridgehead atoms. The van der Waals surface area contributed by atoms with Gasteiger partial charge in [0.05, 0.1) is 6.61 Å². The van der Waals surface area contributed by atoms with Crippen molar-refractivity contribution in [3.63, 3.8) is 0 Å². The van der Waals surface area contributed by atoms with Gasteiger partial charge in [0.2, 0.25) is 0 Å². The number of rotatable bonds is 6. The number of aromatic hydroxyl groups is 1. The van der Waals surface area contributed by atoms with Crippen LogP contribution in [0.15, 0.2) is 36.7 Å². The number of benzene rings is 1. The lowest BCUT2D eigenvalue weighted by molar-refractivity contribution is 0.208. The summed E-state index contributed by atoms with van der Waals surface area (Å²) in [5, 5.41) is 12.2. The second-order valence-corrected chi connectivity index (χ2v) is 3.20. The van der Waals surface area contributed by atoms with Gasteiger partial charge in [-0.3, -0.25) is 0 Å². The maximum atomic E-state index is 9.09. The van der Waals surface area contributed by atoms with E-state index in [1.807, 2.05) is 19.1 Å². The molecule has 0 fully saturated rings. The van der Waals surface area contributed by atoms with E-state index in [0.29, 0.717) is 18.2 Å². The van der Waals surface area contributed by atoms with Gasteiger partial charge in [-0.15, -0.1) is 0 Å². The molecule has 15 heavy (non-hydrogen) atoms. The number of nitrogens with one attached hydrogen (secondary N) is 1. The van der Waals surface area contributed by atoms with Crippen LogP contribution >= 0.6 is 0 Å². The molecular weight excluding hydrogens is 190 g/mol. The second-order valence-electron chi connectivity index (χ2n) is 3.20. The molecule has 0 radical (unpaired) electrons. The standard InChI is InChI=1S/C12H17NO2/c1-3-15-10(2)13-9-8-11-4-6-12(14)7-5-11/h4-7,13-14H,2-3,8-9H2,1H3. The Hall–Kier alpha value is -1.64. The number of hydrogen-bond acceptors (Lipinski definition) is 3. The van der Waals surface area contributed by atoms with Crippen molar-refractivity contribution in [3.8, 4) is 5.75 Å². The number of hydrogen-bond donors (Lipinski definition) is 2. The van der Waals surface area contributed by atoms with Crippen LogP contribution in [0.3, 0.4) is 0 Å². The highest BCUT2D eigenvalue weighted by molar-refractivity contribution is 5.26. The van der Waals surface area contributed by atoms with E-state index in [2.05, 4.69) is 11.9 Å². The monoisotopic (exact) mass is 207 g/mol. The molecule has 3 nitrogen and oxygen atoms in total. The van der Waals surface area contributed by atoms with Crippen LogP contribution in [-0.2, 0) is 11.2 Å². The van der Waals surface area contributed by atoms with Gasteiger partial charge in [-0.1, -0.05) is 12.1 Å². The number of phenolic OH excluding ortho intramolecular Hbond substituents is 1. The summed E-state index contributed by atoms with van der Waals surface area (Å²) >= 11 is 0. The molecule has 1 rings (SSSR count). The summed E-state index contributed by atoms with van der Waals surface area (Å²) in [6.45, 7) is 7.05. The minimum Gasteiger partial charge on any atom is -0.508 e. The van der Waals surface area contributed by atoms with E-state index in [0.717, 1.165) is 13.0 Å². The van der Waals surface area contributed by atoms with Gasteiger partial charge in [-0.05, 0) is 37.6 Å². The van der Waals surface area contributed by atoms with Crippen LogP contribution in [0.1, 0.15) is 12.5 Å². The highest BCUT2D eigenvalue weighted by atomic mass is 16.5. The van der Waals surface area contributed by atoms with Gasteiger partial charge in [0.15, 0.2) is 5.88 Å². The summed E-state index contributed by atoms with van der Waals surface area (Å²) in [4.78, 5) is 0. The first kappa shape index (κ1) is 11.4. The Morgan fingerprint density at radius 2 is 2.07 bits per heavy atom. The highest BCUT2D eigenvalue weighted by Crippen LogP contribution is 2.09. The molecule has 0 unspecified atom stereocenters. The van der Waals surface area contributed by atoms with Gasteiger partial charge in [0, 0.05) is 6.54 Å². The van der Waals surface area contributed by atoms with Crippen molar-refractivity contribution in [1.82, 2.24) is 5.32 Å². The predicted molar refractivity (Wildman–Crippen MR) is 60.6 cm³/mol. The molecule has 3 heteroatoms. The van der Waals surface area contributed by atoms with Crippen LogP contribution in [0, 0.1) is 0 Å². The SMILES string of the molecule is C=C(NCCc1ccc(O)cc1)OCC. The molecule has 0 amide bonds. The summed E-state index contributed by atoms with van der Waals surface area (Å²) in [6, 6.07) is 7.18. The molecule has 0 saturated heterocycles. The van der Waals surface area contributed by atoms with Crippen molar-refractivity contribution >= 4 is 0 Å². The van der Waals surface area contributed by atoms with E-state index < -0.39 is 0 Å². The van der Waals surface area contributed by atoms with Gasteiger partial charge in [-0.2, -0.15) is 0 Å². The van der Waals surface area contributed by atoms with E-state index in [1.54, 1.807) is 12.1 Å². The summed E-state index contributed by atoms with van der Waals surface area (Å²) in [6.07, 6.45) is 0.881. The van der Waals surface area contributed by atoms with Crippen molar-refractivity contribution in [1.29, 1.82) is 0 Å². The lowest BCUT2D eigenvalue weighted by Crippen LogP contribution is -2.17. The van der Waals surface area contributed by atoms with E-state index in [-0.39, 0.29) is 0 Å². The van der Waals surface area contributed by atoms with E-state index in [4.69, 9.17) is 9.84 Å². The molecule has 0 saturated carbocycles. The quantitative estimate of drug-likeness (QED) is 0.701. The van der Waals surface area contributed by atoms with Crippen LogP contribution in [0.4, 0.5) is 0 Å². The predicted octanol–water partition coefficient (Wildman–Crippen LogP) is 2.03. The topological polar surface area (TPSA) is 41.5 Å². The summed E-state index contributed by atoms with van der Waals surface area (Å²) < 4.78 is 5.15. The lowest BCUT2D eigenvalue weighted by Gasteiger charge is -2.09. The van der Waals surface area contributed by atoms with Crippen LogP contribution < -0.4 is 5.32 Å². The van der Waals surface area contributed by atoms with Gasteiger partial charge in [-0.25, -0.2) is 0 Å². The maximum absolute atomic E-state index is 9.09. The average molecular weight is 207 g/mol. The second kappa shape index (κ2) is 5.96. The van der Waals surface area contributed by atoms with Crippen molar-refractivity contribution in [3.05, 3.63) is 42.3 Å². The lowest BCUT2D eigenvalue weighted by atomic mass is 10.1. The maximum Gasteiger partial charge on any atom is 0.179 e. The Kier molecular flexibility index (Phi) is 4.54. The third kappa shape index (κ3) is 4.40. The average Bonchev–Trinajstić information content (AvgIpc) is 2.21. The first-order chi connectivity index (χ1) is 7.22. The van der Waals surface area contributed by atoms with Crippen LogP contribution in [0.25, 0.3) is 0 Å². The smallest absolute Gasteiger partial charge is 0.179 e. The fraction of sp³-hybridized carbons (Fsp3) is 0.333. The first-order valence-corrected chi connectivity index (χ1v) is 5.06. The molecule has 0 atom stereocenters. The molecule has 0 spiro atoms. The Morgan fingerprint density at radius 3 is 2.67 bits per heavy atom. The molecule has 0 aliphatic heterocycles. The third-order valence-corrected chi connectivity index (χ3v) is 1.99. The first-order valence-electron chi connectivity index (χ1n) is 5.06. The summed E-state index contributed by atoms with van der Waals surface area (Å²) in [5.41, 5.74) is 1.17. The third-order valence-electron chi connectivity index (χ3n) is 1.99. The Balaban J connectivity index is 2.26. The molecule has 1 aromatic rings. The summed E-state index contributed by atoms with van der Waals surface area (Å²) in [5.74, 6) is 0.904.